The largest absolute Gasteiger partial charge is 0.389 e. The molecule has 0 aliphatic rings. The maximum Gasteiger partial charge on any atom is 0.227 e. The molecule has 0 radical (unpaired) electrons. The highest BCUT2D eigenvalue weighted by atomic mass is 16.5. The normalized spacial score (nSPS) is 15.2. The summed E-state index contributed by atoms with van der Waals surface area (Å²) in [5.74, 6) is 1.29. The number of aryl methyl sites for hydroxylation is 1. The van der Waals surface area contributed by atoms with Crippen molar-refractivity contribution in [2.45, 2.75) is 39.2 Å². The Kier molecular flexibility index (Phi) is 4.23. The van der Waals surface area contributed by atoms with Crippen molar-refractivity contribution < 1.29 is 9.63 Å². The third kappa shape index (κ3) is 4.40. The lowest BCUT2D eigenvalue weighted by atomic mass is 10.0. The molecular formula is C10H19N3O2. The van der Waals surface area contributed by atoms with Gasteiger partial charge in [0, 0.05) is 19.5 Å². The van der Waals surface area contributed by atoms with Crippen molar-refractivity contribution in [3.8, 4) is 0 Å². The van der Waals surface area contributed by atoms with Gasteiger partial charge >= 0.3 is 0 Å². The van der Waals surface area contributed by atoms with Crippen molar-refractivity contribution in [1.29, 1.82) is 0 Å². The molecule has 0 aromatic carbocycles. The third-order valence-corrected chi connectivity index (χ3v) is 2.35. The van der Waals surface area contributed by atoms with E-state index in [1.165, 1.54) is 0 Å². The molecule has 1 heterocycles. The van der Waals surface area contributed by atoms with Crippen LogP contribution in [0.4, 0.5) is 0 Å². The fourth-order valence-corrected chi connectivity index (χ4v) is 1.12. The Labute approximate surface area is 89.9 Å². The highest BCUT2D eigenvalue weighted by Gasteiger charge is 2.16. The second kappa shape index (κ2) is 5.23. The summed E-state index contributed by atoms with van der Waals surface area (Å²) in [6, 6.07) is 0. The molecule has 0 saturated heterocycles. The number of hydrogen-bond acceptors (Lipinski definition) is 5. The molecule has 1 atom stereocenters. The number of aliphatic hydroxyl groups is 1. The summed E-state index contributed by atoms with van der Waals surface area (Å²) in [5.41, 5.74) is -0.634. The SMILES string of the molecule is CCC(C)(O)CNCCc1nc(C)no1. The average Bonchev–Trinajstić information content (AvgIpc) is 2.59. The van der Waals surface area contributed by atoms with E-state index in [2.05, 4.69) is 15.5 Å². The first kappa shape index (κ1) is 12.1. The number of nitrogens with one attached hydrogen (secondary N) is 1. The van der Waals surface area contributed by atoms with Crippen LogP contribution in [0.5, 0.6) is 0 Å². The molecule has 0 amide bonds. The van der Waals surface area contributed by atoms with Gasteiger partial charge in [0.05, 0.1) is 5.60 Å². The summed E-state index contributed by atoms with van der Waals surface area (Å²) in [4.78, 5) is 4.08. The van der Waals surface area contributed by atoms with Gasteiger partial charge in [0.25, 0.3) is 0 Å². The average molecular weight is 213 g/mol. The summed E-state index contributed by atoms with van der Waals surface area (Å²) in [5, 5.41) is 16.6. The molecule has 0 saturated carbocycles. The lowest BCUT2D eigenvalue weighted by molar-refractivity contribution is 0.0560. The van der Waals surface area contributed by atoms with E-state index in [-0.39, 0.29) is 0 Å². The van der Waals surface area contributed by atoms with Gasteiger partial charge in [-0.3, -0.25) is 0 Å². The second-order valence-electron chi connectivity index (χ2n) is 4.01. The van der Waals surface area contributed by atoms with E-state index in [1.54, 1.807) is 6.92 Å². The number of rotatable bonds is 6. The van der Waals surface area contributed by atoms with Crippen LogP contribution >= 0.6 is 0 Å². The Morgan fingerprint density at radius 1 is 1.53 bits per heavy atom. The molecule has 2 N–H and O–H groups in total. The van der Waals surface area contributed by atoms with E-state index in [9.17, 15) is 5.11 Å². The highest BCUT2D eigenvalue weighted by Crippen LogP contribution is 2.05. The molecular weight excluding hydrogens is 194 g/mol. The van der Waals surface area contributed by atoms with Crippen LogP contribution in [0, 0.1) is 6.92 Å². The molecule has 1 aromatic heterocycles. The molecule has 1 unspecified atom stereocenters. The summed E-state index contributed by atoms with van der Waals surface area (Å²) in [6.07, 6.45) is 1.43. The van der Waals surface area contributed by atoms with E-state index < -0.39 is 5.60 Å². The van der Waals surface area contributed by atoms with Crippen LogP contribution < -0.4 is 5.32 Å². The van der Waals surface area contributed by atoms with Crippen LogP contribution in [-0.4, -0.2) is 33.9 Å². The number of nitrogens with zero attached hydrogens (tertiary/aromatic N) is 2. The monoisotopic (exact) mass is 213 g/mol. The van der Waals surface area contributed by atoms with E-state index in [4.69, 9.17) is 4.52 Å². The highest BCUT2D eigenvalue weighted by molar-refractivity contribution is 4.83. The predicted molar refractivity (Wildman–Crippen MR) is 56.5 cm³/mol. The van der Waals surface area contributed by atoms with E-state index in [0.717, 1.165) is 13.0 Å². The zero-order chi connectivity index (χ0) is 11.3. The topological polar surface area (TPSA) is 71.2 Å². The zero-order valence-corrected chi connectivity index (χ0v) is 9.58. The van der Waals surface area contributed by atoms with Crippen molar-refractivity contribution in [3.05, 3.63) is 11.7 Å². The lowest BCUT2D eigenvalue weighted by Crippen LogP contribution is -2.37. The van der Waals surface area contributed by atoms with Gasteiger partial charge in [-0.05, 0) is 20.3 Å². The Morgan fingerprint density at radius 3 is 2.80 bits per heavy atom. The number of aromatic nitrogens is 2. The van der Waals surface area contributed by atoms with Gasteiger partial charge < -0.3 is 14.9 Å². The molecule has 86 valence electrons. The second-order valence-corrected chi connectivity index (χ2v) is 4.01. The van der Waals surface area contributed by atoms with Gasteiger partial charge in [-0.1, -0.05) is 12.1 Å². The van der Waals surface area contributed by atoms with Crippen LogP contribution in [-0.2, 0) is 6.42 Å². The molecule has 5 nitrogen and oxygen atoms in total. The summed E-state index contributed by atoms with van der Waals surface area (Å²) < 4.78 is 4.96. The Hall–Kier alpha value is -0.940. The first-order valence-corrected chi connectivity index (χ1v) is 5.26. The number of hydrogen-bond donors (Lipinski definition) is 2. The Bertz CT molecular complexity index is 297. The molecule has 1 aromatic rings. The fraction of sp³-hybridized carbons (Fsp3) is 0.800. The van der Waals surface area contributed by atoms with Gasteiger partial charge in [-0.15, -0.1) is 0 Å². The van der Waals surface area contributed by atoms with Crippen molar-refractivity contribution in [3.63, 3.8) is 0 Å². The molecule has 1 rings (SSSR count). The van der Waals surface area contributed by atoms with E-state index in [0.29, 0.717) is 24.7 Å². The van der Waals surface area contributed by atoms with Gasteiger partial charge in [-0.2, -0.15) is 4.98 Å². The van der Waals surface area contributed by atoms with Crippen LogP contribution in [0.15, 0.2) is 4.52 Å². The molecule has 5 heteroatoms. The molecule has 0 spiro atoms. The Balaban J connectivity index is 2.17. The maximum atomic E-state index is 9.71. The van der Waals surface area contributed by atoms with Gasteiger partial charge in [0.2, 0.25) is 5.89 Å². The Morgan fingerprint density at radius 2 is 2.27 bits per heavy atom. The smallest absolute Gasteiger partial charge is 0.227 e. The minimum atomic E-state index is -0.634. The standard InChI is InChI=1S/C10H19N3O2/c1-4-10(3,14)7-11-6-5-9-12-8(2)13-15-9/h11,14H,4-7H2,1-3H3. The third-order valence-electron chi connectivity index (χ3n) is 2.35. The summed E-state index contributed by atoms with van der Waals surface area (Å²) in [6.45, 7) is 6.89. The van der Waals surface area contributed by atoms with Crippen molar-refractivity contribution in [2.75, 3.05) is 13.1 Å². The van der Waals surface area contributed by atoms with Gasteiger partial charge in [0.1, 0.15) is 0 Å². The first-order chi connectivity index (χ1) is 7.03. The zero-order valence-electron chi connectivity index (χ0n) is 9.58. The van der Waals surface area contributed by atoms with Crippen LogP contribution in [0.25, 0.3) is 0 Å². The molecule has 0 fully saturated rings. The predicted octanol–water partition coefficient (Wildman–Crippen LogP) is 0.671. The van der Waals surface area contributed by atoms with Crippen molar-refractivity contribution in [2.24, 2.45) is 0 Å². The lowest BCUT2D eigenvalue weighted by Gasteiger charge is -2.21. The molecule has 0 aliphatic heterocycles. The van der Waals surface area contributed by atoms with Crippen LogP contribution in [0.3, 0.4) is 0 Å². The maximum absolute atomic E-state index is 9.71. The quantitative estimate of drug-likeness (QED) is 0.680. The molecule has 0 aliphatic carbocycles. The first-order valence-electron chi connectivity index (χ1n) is 5.26. The van der Waals surface area contributed by atoms with E-state index in [1.807, 2.05) is 13.8 Å². The fourth-order valence-electron chi connectivity index (χ4n) is 1.12. The van der Waals surface area contributed by atoms with Crippen molar-refractivity contribution in [1.82, 2.24) is 15.5 Å². The minimum absolute atomic E-state index is 0.580. The van der Waals surface area contributed by atoms with Gasteiger partial charge in [-0.25, -0.2) is 0 Å². The van der Waals surface area contributed by atoms with Crippen LogP contribution in [0.1, 0.15) is 32.0 Å². The summed E-state index contributed by atoms with van der Waals surface area (Å²) >= 11 is 0. The summed E-state index contributed by atoms with van der Waals surface area (Å²) in [7, 11) is 0. The van der Waals surface area contributed by atoms with E-state index >= 15 is 0 Å². The van der Waals surface area contributed by atoms with Gasteiger partial charge in [0.15, 0.2) is 5.82 Å². The molecule has 0 bridgehead atoms. The van der Waals surface area contributed by atoms with Crippen molar-refractivity contribution >= 4 is 0 Å². The minimum Gasteiger partial charge on any atom is -0.389 e. The molecule has 15 heavy (non-hydrogen) atoms. The van der Waals surface area contributed by atoms with Crippen LogP contribution in [0.2, 0.25) is 0 Å².